The Morgan fingerprint density at radius 1 is 1.35 bits per heavy atom. The summed E-state index contributed by atoms with van der Waals surface area (Å²) in [6.45, 7) is 1.89. The van der Waals surface area contributed by atoms with Crippen LogP contribution in [-0.4, -0.2) is 27.6 Å². The van der Waals surface area contributed by atoms with Crippen LogP contribution in [0.1, 0.15) is 30.1 Å². The van der Waals surface area contributed by atoms with Gasteiger partial charge in [-0.1, -0.05) is 31.5 Å². The fourth-order valence-electron chi connectivity index (χ4n) is 2.30. The molecule has 20 heavy (non-hydrogen) atoms. The lowest BCUT2D eigenvalue weighted by atomic mass is 10.1. The summed E-state index contributed by atoms with van der Waals surface area (Å²) in [5.74, 6) is -1.34. The molecule has 1 heterocycles. The Morgan fingerprint density at radius 3 is 2.70 bits per heavy atom. The highest BCUT2D eigenvalue weighted by Gasteiger charge is 2.21. The zero-order valence-electron chi connectivity index (χ0n) is 11.6. The van der Waals surface area contributed by atoms with E-state index in [9.17, 15) is 9.59 Å². The third-order valence-electron chi connectivity index (χ3n) is 3.32. The van der Waals surface area contributed by atoms with Gasteiger partial charge in [0.25, 0.3) is 5.91 Å². The molecule has 0 aliphatic carbocycles. The molecule has 0 aliphatic heterocycles. The number of hydrogen-bond acceptors (Lipinski definition) is 2. The Kier molecular flexibility index (Phi) is 4.08. The molecular formula is C15H18N2O3. The molecule has 0 saturated carbocycles. The van der Waals surface area contributed by atoms with Gasteiger partial charge in [-0.15, -0.1) is 0 Å². The highest BCUT2D eigenvalue weighted by Crippen LogP contribution is 2.20. The number of carbonyl (C=O) groups excluding carboxylic acids is 1. The average molecular weight is 274 g/mol. The second kappa shape index (κ2) is 5.77. The Labute approximate surface area is 117 Å². The summed E-state index contributed by atoms with van der Waals surface area (Å²) in [4.78, 5) is 23.4. The molecule has 0 aliphatic rings. The second-order valence-electron chi connectivity index (χ2n) is 4.82. The highest BCUT2D eigenvalue weighted by molar-refractivity contribution is 6.07. The van der Waals surface area contributed by atoms with Gasteiger partial charge in [-0.2, -0.15) is 0 Å². The zero-order chi connectivity index (χ0) is 14.7. The number of benzene rings is 1. The van der Waals surface area contributed by atoms with Crippen LogP contribution >= 0.6 is 0 Å². The van der Waals surface area contributed by atoms with Crippen molar-refractivity contribution >= 4 is 22.8 Å². The molecule has 1 aromatic carbocycles. The molecule has 0 spiro atoms. The number of nitrogens with zero attached hydrogens (tertiary/aromatic N) is 1. The standard InChI is InChI=1S/C15H18N2O3/c1-3-6-12(15(19)20)16-14(18)11-9-17(2)13-8-5-4-7-10(11)13/h4-5,7-9,12H,3,6H2,1-2H3,(H,16,18)(H,19,20). The van der Waals surface area contributed by atoms with Crippen molar-refractivity contribution in [2.45, 2.75) is 25.8 Å². The Hall–Kier alpha value is -2.30. The SMILES string of the molecule is CCCC(NC(=O)c1cn(C)c2ccccc12)C(=O)O. The molecule has 0 bridgehead atoms. The molecule has 5 heteroatoms. The lowest BCUT2D eigenvalue weighted by Crippen LogP contribution is -2.40. The van der Waals surface area contributed by atoms with Gasteiger partial charge in [-0.3, -0.25) is 4.79 Å². The summed E-state index contributed by atoms with van der Waals surface area (Å²) >= 11 is 0. The molecule has 2 rings (SSSR count). The molecule has 1 unspecified atom stereocenters. The van der Waals surface area contributed by atoms with Gasteiger partial charge >= 0.3 is 5.97 Å². The van der Waals surface area contributed by atoms with Gasteiger partial charge in [0.05, 0.1) is 5.56 Å². The topological polar surface area (TPSA) is 71.3 Å². The number of fused-ring (bicyclic) bond motifs is 1. The predicted octanol–water partition coefficient (Wildman–Crippen LogP) is 2.16. The molecule has 2 aromatic rings. The minimum Gasteiger partial charge on any atom is -0.480 e. The maximum absolute atomic E-state index is 12.3. The fraction of sp³-hybridized carbons (Fsp3) is 0.333. The maximum Gasteiger partial charge on any atom is 0.326 e. The van der Waals surface area contributed by atoms with Crippen molar-refractivity contribution in [2.24, 2.45) is 7.05 Å². The first kappa shape index (κ1) is 14.1. The van der Waals surface area contributed by atoms with Gasteiger partial charge in [-0.05, 0) is 12.5 Å². The van der Waals surface area contributed by atoms with Crippen molar-refractivity contribution in [3.8, 4) is 0 Å². The van der Waals surface area contributed by atoms with E-state index >= 15 is 0 Å². The third-order valence-corrected chi connectivity index (χ3v) is 3.32. The molecule has 1 aromatic heterocycles. The van der Waals surface area contributed by atoms with Crippen LogP contribution in [0.4, 0.5) is 0 Å². The summed E-state index contributed by atoms with van der Waals surface area (Å²) in [6.07, 6.45) is 2.85. The number of para-hydroxylation sites is 1. The normalized spacial score (nSPS) is 12.3. The van der Waals surface area contributed by atoms with E-state index in [0.29, 0.717) is 18.4 Å². The first-order valence-electron chi connectivity index (χ1n) is 6.62. The number of aliphatic carboxylic acids is 1. The number of hydrogen-bond donors (Lipinski definition) is 2. The van der Waals surface area contributed by atoms with Crippen LogP contribution in [0.5, 0.6) is 0 Å². The average Bonchev–Trinajstić information content (AvgIpc) is 2.76. The molecule has 5 nitrogen and oxygen atoms in total. The van der Waals surface area contributed by atoms with E-state index in [1.165, 1.54) is 0 Å². The van der Waals surface area contributed by atoms with Crippen LogP contribution in [0.25, 0.3) is 10.9 Å². The number of amides is 1. The van der Waals surface area contributed by atoms with E-state index in [4.69, 9.17) is 5.11 Å². The molecule has 0 radical (unpaired) electrons. The zero-order valence-corrected chi connectivity index (χ0v) is 11.6. The molecule has 106 valence electrons. The summed E-state index contributed by atoms with van der Waals surface area (Å²) in [5, 5.41) is 12.5. The second-order valence-corrected chi connectivity index (χ2v) is 4.82. The van der Waals surface area contributed by atoms with Crippen LogP contribution in [0.15, 0.2) is 30.5 Å². The minimum atomic E-state index is -1.000. The van der Waals surface area contributed by atoms with E-state index in [1.807, 2.05) is 42.8 Å². The summed E-state index contributed by atoms with van der Waals surface area (Å²) in [6, 6.07) is 6.71. The van der Waals surface area contributed by atoms with E-state index < -0.39 is 12.0 Å². The Morgan fingerprint density at radius 2 is 2.05 bits per heavy atom. The largest absolute Gasteiger partial charge is 0.480 e. The monoisotopic (exact) mass is 274 g/mol. The summed E-state index contributed by atoms with van der Waals surface area (Å²) < 4.78 is 1.86. The number of aryl methyl sites for hydroxylation is 1. The molecule has 1 amide bonds. The van der Waals surface area contributed by atoms with Gasteiger partial charge in [-0.25, -0.2) is 4.79 Å². The lowest BCUT2D eigenvalue weighted by Gasteiger charge is -2.12. The van der Waals surface area contributed by atoms with E-state index in [-0.39, 0.29) is 5.91 Å². The number of rotatable bonds is 5. The predicted molar refractivity (Wildman–Crippen MR) is 76.7 cm³/mol. The van der Waals surface area contributed by atoms with Crippen molar-refractivity contribution in [1.82, 2.24) is 9.88 Å². The number of carboxylic acid groups (broad SMARTS) is 1. The van der Waals surface area contributed by atoms with Crippen LogP contribution in [0.3, 0.4) is 0 Å². The number of carbonyl (C=O) groups is 2. The van der Waals surface area contributed by atoms with Crippen molar-refractivity contribution in [1.29, 1.82) is 0 Å². The van der Waals surface area contributed by atoms with E-state index in [2.05, 4.69) is 5.32 Å². The number of nitrogens with one attached hydrogen (secondary N) is 1. The Bertz CT molecular complexity index is 646. The number of aromatic nitrogens is 1. The Balaban J connectivity index is 2.29. The van der Waals surface area contributed by atoms with E-state index in [0.717, 1.165) is 10.9 Å². The van der Waals surface area contributed by atoms with Gasteiger partial charge in [0.1, 0.15) is 6.04 Å². The molecule has 1 atom stereocenters. The third kappa shape index (κ3) is 2.66. The molecular weight excluding hydrogens is 256 g/mol. The smallest absolute Gasteiger partial charge is 0.326 e. The lowest BCUT2D eigenvalue weighted by molar-refractivity contribution is -0.139. The van der Waals surface area contributed by atoms with Gasteiger partial charge in [0.15, 0.2) is 0 Å². The van der Waals surface area contributed by atoms with Crippen LogP contribution in [0, 0.1) is 0 Å². The van der Waals surface area contributed by atoms with Gasteiger partial charge in [0.2, 0.25) is 0 Å². The molecule has 2 N–H and O–H groups in total. The summed E-state index contributed by atoms with van der Waals surface area (Å²) in [7, 11) is 1.86. The maximum atomic E-state index is 12.3. The van der Waals surface area contributed by atoms with Crippen LogP contribution < -0.4 is 5.32 Å². The van der Waals surface area contributed by atoms with Crippen molar-refractivity contribution < 1.29 is 14.7 Å². The van der Waals surface area contributed by atoms with Crippen molar-refractivity contribution in [2.75, 3.05) is 0 Å². The summed E-state index contributed by atoms with van der Waals surface area (Å²) in [5.41, 5.74) is 1.45. The molecule has 0 fully saturated rings. The van der Waals surface area contributed by atoms with Crippen LogP contribution in [-0.2, 0) is 11.8 Å². The van der Waals surface area contributed by atoms with Crippen molar-refractivity contribution in [3.63, 3.8) is 0 Å². The van der Waals surface area contributed by atoms with Gasteiger partial charge in [0, 0.05) is 24.1 Å². The van der Waals surface area contributed by atoms with Crippen LogP contribution in [0.2, 0.25) is 0 Å². The first-order valence-corrected chi connectivity index (χ1v) is 6.62. The highest BCUT2D eigenvalue weighted by atomic mass is 16.4. The minimum absolute atomic E-state index is 0.345. The van der Waals surface area contributed by atoms with E-state index in [1.54, 1.807) is 6.20 Å². The number of carboxylic acids is 1. The fourth-order valence-corrected chi connectivity index (χ4v) is 2.30. The van der Waals surface area contributed by atoms with Gasteiger partial charge < -0.3 is 15.0 Å². The first-order chi connectivity index (χ1) is 9.54. The molecule has 0 saturated heterocycles. The quantitative estimate of drug-likeness (QED) is 0.877. The van der Waals surface area contributed by atoms with Crippen molar-refractivity contribution in [3.05, 3.63) is 36.0 Å².